The van der Waals surface area contributed by atoms with Crippen LogP contribution in [0, 0.1) is 0 Å². The van der Waals surface area contributed by atoms with Crippen LogP contribution in [-0.2, 0) is 4.79 Å². The molecule has 0 aromatic heterocycles. The Kier molecular flexibility index (Phi) is 1.51. The van der Waals surface area contributed by atoms with Crippen molar-refractivity contribution in [2.45, 2.75) is 19.0 Å². The topological polar surface area (TPSA) is 69.1 Å². The third-order valence-electron chi connectivity index (χ3n) is 1.84. The van der Waals surface area contributed by atoms with Gasteiger partial charge in [0.2, 0.25) is 5.91 Å². The minimum absolute atomic E-state index is 0.0587. The first-order chi connectivity index (χ1) is 4.68. The van der Waals surface area contributed by atoms with Gasteiger partial charge < -0.3 is 4.90 Å². The monoisotopic (exact) mass is 140 g/mol. The summed E-state index contributed by atoms with van der Waals surface area (Å²) in [5.74, 6) is -0.0923. The number of amides is 1. The number of carbonyl (C=O) groups excluding carboxylic acids is 1. The Bertz CT molecular complexity index is 208. The standard InChI is InChI=1S/C5H8N4O/c1-3-4(7-8-6)5(10)9(3)2/h3-4H,1-2H3. The van der Waals surface area contributed by atoms with E-state index in [0.717, 1.165) is 0 Å². The van der Waals surface area contributed by atoms with Gasteiger partial charge in [0.15, 0.2) is 0 Å². The maximum Gasteiger partial charge on any atom is 0.233 e. The molecule has 0 saturated carbocycles. The fourth-order valence-corrected chi connectivity index (χ4v) is 0.947. The van der Waals surface area contributed by atoms with Crippen molar-refractivity contribution in [1.29, 1.82) is 0 Å². The third-order valence-corrected chi connectivity index (χ3v) is 1.84. The number of nitrogens with zero attached hydrogens (tertiary/aromatic N) is 4. The summed E-state index contributed by atoms with van der Waals surface area (Å²) in [7, 11) is 1.69. The van der Waals surface area contributed by atoms with Crippen LogP contribution in [0.4, 0.5) is 0 Å². The molecule has 1 fully saturated rings. The van der Waals surface area contributed by atoms with Crippen LogP contribution < -0.4 is 0 Å². The highest BCUT2D eigenvalue weighted by molar-refractivity contribution is 5.89. The first-order valence-electron chi connectivity index (χ1n) is 2.99. The number of hydrogen-bond donors (Lipinski definition) is 0. The molecule has 1 amide bonds. The summed E-state index contributed by atoms with van der Waals surface area (Å²) in [6, 6.07) is -0.404. The smallest absolute Gasteiger partial charge is 0.233 e. The molecule has 1 aliphatic heterocycles. The van der Waals surface area contributed by atoms with E-state index in [4.69, 9.17) is 5.53 Å². The predicted octanol–water partition coefficient (Wildman–Crippen LogP) is 0.526. The summed E-state index contributed by atoms with van der Waals surface area (Å²) in [4.78, 5) is 14.9. The molecular formula is C5H8N4O. The van der Waals surface area contributed by atoms with Crippen LogP contribution in [0.1, 0.15) is 6.92 Å². The molecule has 0 aliphatic carbocycles. The lowest BCUT2D eigenvalue weighted by atomic mass is 9.99. The predicted molar refractivity (Wildman–Crippen MR) is 35.2 cm³/mol. The zero-order chi connectivity index (χ0) is 7.72. The average Bonchev–Trinajstić information content (AvgIpc) is 1.98. The molecule has 54 valence electrons. The van der Waals surface area contributed by atoms with Crippen molar-refractivity contribution in [2.24, 2.45) is 5.11 Å². The highest BCUT2D eigenvalue weighted by Gasteiger charge is 2.40. The van der Waals surface area contributed by atoms with Crippen LogP contribution in [0.5, 0.6) is 0 Å². The van der Waals surface area contributed by atoms with Gasteiger partial charge in [-0.05, 0) is 12.5 Å². The Hall–Kier alpha value is -1.22. The van der Waals surface area contributed by atoms with E-state index >= 15 is 0 Å². The minimum Gasteiger partial charge on any atom is -0.342 e. The Morgan fingerprint density at radius 2 is 2.40 bits per heavy atom. The van der Waals surface area contributed by atoms with Crippen LogP contribution >= 0.6 is 0 Å². The third kappa shape index (κ3) is 0.717. The maximum atomic E-state index is 10.8. The van der Waals surface area contributed by atoms with Crippen molar-refractivity contribution in [1.82, 2.24) is 4.90 Å². The number of carbonyl (C=O) groups is 1. The Morgan fingerprint density at radius 1 is 1.80 bits per heavy atom. The van der Waals surface area contributed by atoms with Crippen molar-refractivity contribution >= 4 is 5.91 Å². The highest BCUT2D eigenvalue weighted by Crippen LogP contribution is 2.19. The number of hydrogen-bond acceptors (Lipinski definition) is 2. The Balaban J connectivity index is 2.66. The number of azide groups is 1. The molecular weight excluding hydrogens is 132 g/mol. The number of likely N-dealkylation sites (N-methyl/N-ethyl adjacent to an activating group) is 1. The largest absolute Gasteiger partial charge is 0.342 e. The molecule has 1 heterocycles. The van der Waals surface area contributed by atoms with Gasteiger partial charge in [-0.1, -0.05) is 5.11 Å². The van der Waals surface area contributed by atoms with E-state index < -0.39 is 6.04 Å². The molecule has 0 aromatic carbocycles. The fourth-order valence-electron chi connectivity index (χ4n) is 0.947. The van der Waals surface area contributed by atoms with Gasteiger partial charge in [0.05, 0.1) is 0 Å². The van der Waals surface area contributed by atoms with Gasteiger partial charge in [0.25, 0.3) is 0 Å². The van der Waals surface area contributed by atoms with E-state index in [1.807, 2.05) is 6.92 Å². The van der Waals surface area contributed by atoms with E-state index in [-0.39, 0.29) is 11.9 Å². The molecule has 10 heavy (non-hydrogen) atoms. The quantitative estimate of drug-likeness (QED) is 0.226. The van der Waals surface area contributed by atoms with Gasteiger partial charge in [-0.15, -0.1) is 0 Å². The summed E-state index contributed by atoms with van der Waals surface area (Å²) in [6.45, 7) is 1.85. The number of rotatable bonds is 1. The van der Waals surface area contributed by atoms with Gasteiger partial charge in [0, 0.05) is 18.0 Å². The van der Waals surface area contributed by atoms with Crippen LogP contribution in [-0.4, -0.2) is 29.9 Å². The lowest BCUT2D eigenvalue weighted by Gasteiger charge is -2.40. The highest BCUT2D eigenvalue weighted by atomic mass is 16.2. The van der Waals surface area contributed by atoms with Crippen LogP contribution in [0.15, 0.2) is 5.11 Å². The maximum absolute atomic E-state index is 10.8. The van der Waals surface area contributed by atoms with Crippen LogP contribution in [0.2, 0.25) is 0 Å². The molecule has 0 aromatic rings. The van der Waals surface area contributed by atoms with Crippen molar-refractivity contribution in [3.05, 3.63) is 10.4 Å². The average molecular weight is 140 g/mol. The van der Waals surface area contributed by atoms with Crippen LogP contribution in [0.25, 0.3) is 10.4 Å². The van der Waals surface area contributed by atoms with E-state index in [1.54, 1.807) is 11.9 Å². The van der Waals surface area contributed by atoms with E-state index in [2.05, 4.69) is 10.0 Å². The van der Waals surface area contributed by atoms with E-state index in [9.17, 15) is 4.79 Å². The molecule has 1 aliphatic rings. The SMILES string of the molecule is CC1C(N=[N+]=[N-])C(=O)N1C. The molecule has 2 unspecified atom stereocenters. The number of likely N-dealkylation sites (tertiary alicyclic amines) is 1. The van der Waals surface area contributed by atoms with Crippen molar-refractivity contribution in [3.63, 3.8) is 0 Å². The fraction of sp³-hybridized carbons (Fsp3) is 0.800. The van der Waals surface area contributed by atoms with Crippen molar-refractivity contribution in [3.8, 4) is 0 Å². The van der Waals surface area contributed by atoms with E-state index in [1.165, 1.54) is 0 Å². The first-order valence-corrected chi connectivity index (χ1v) is 2.99. The molecule has 0 radical (unpaired) electrons. The molecule has 0 N–H and O–H groups in total. The molecule has 1 saturated heterocycles. The van der Waals surface area contributed by atoms with Crippen molar-refractivity contribution < 1.29 is 4.79 Å². The van der Waals surface area contributed by atoms with Crippen LogP contribution in [0.3, 0.4) is 0 Å². The molecule has 5 nitrogen and oxygen atoms in total. The molecule has 5 heteroatoms. The van der Waals surface area contributed by atoms with E-state index in [0.29, 0.717) is 0 Å². The number of β-lactam (4-membered cyclic amide) rings is 1. The van der Waals surface area contributed by atoms with Gasteiger partial charge in [0.1, 0.15) is 6.04 Å². The minimum atomic E-state index is -0.463. The van der Waals surface area contributed by atoms with Gasteiger partial charge in [-0.25, -0.2) is 0 Å². The van der Waals surface area contributed by atoms with Gasteiger partial charge in [-0.2, -0.15) is 0 Å². The second-order valence-electron chi connectivity index (χ2n) is 2.34. The van der Waals surface area contributed by atoms with Gasteiger partial charge in [-0.3, -0.25) is 4.79 Å². The molecule has 1 rings (SSSR count). The lowest BCUT2D eigenvalue weighted by Crippen LogP contribution is -2.60. The Morgan fingerprint density at radius 3 is 2.80 bits per heavy atom. The van der Waals surface area contributed by atoms with Gasteiger partial charge >= 0.3 is 0 Å². The zero-order valence-electron chi connectivity index (χ0n) is 5.85. The first kappa shape index (κ1) is 6.89. The second kappa shape index (κ2) is 2.19. The normalized spacial score (nSPS) is 31.0. The zero-order valence-corrected chi connectivity index (χ0v) is 5.85. The summed E-state index contributed by atoms with van der Waals surface area (Å²) in [5, 5.41) is 3.33. The Labute approximate surface area is 58.2 Å². The summed E-state index contributed by atoms with van der Waals surface area (Å²) in [5.41, 5.74) is 8.01. The summed E-state index contributed by atoms with van der Waals surface area (Å²) >= 11 is 0. The molecule has 2 atom stereocenters. The molecule has 0 spiro atoms. The summed E-state index contributed by atoms with van der Waals surface area (Å²) in [6.07, 6.45) is 0. The van der Waals surface area contributed by atoms with Crippen molar-refractivity contribution in [2.75, 3.05) is 7.05 Å². The molecule has 0 bridgehead atoms. The second-order valence-corrected chi connectivity index (χ2v) is 2.34. The lowest BCUT2D eigenvalue weighted by molar-refractivity contribution is -0.145. The summed E-state index contributed by atoms with van der Waals surface area (Å²) < 4.78 is 0.